The van der Waals surface area contributed by atoms with Crippen LogP contribution in [0.25, 0.3) is 0 Å². The minimum Gasteiger partial charge on any atom is -0.481 e. The zero-order chi connectivity index (χ0) is 15.0. The summed E-state index contributed by atoms with van der Waals surface area (Å²) in [5.41, 5.74) is 1.81. The van der Waals surface area contributed by atoms with Crippen molar-refractivity contribution in [3.63, 3.8) is 0 Å². The predicted molar refractivity (Wildman–Crippen MR) is 74.3 cm³/mol. The molecule has 0 saturated heterocycles. The average Bonchev–Trinajstić information content (AvgIpc) is 2.46. The van der Waals surface area contributed by atoms with Crippen molar-refractivity contribution in [3.8, 4) is 0 Å². The summed E-state index contributed by atoms with van der Waals surface area (Å²) >= 11 is 0. The summed E-state index contributed by atoms with van der Waals surface area (Å²) in [7, 11) is 0. The van der Waals surface area contributed by atoms with Crippen LogP contribution in [0.15, 0.2) is 41.6 Å². The molecule has 1 aliphatic heterocycles. The van der Waals surface area contributed by atoms with E-state index < -0.39 is 11.9 Å². The van der Waals surface area contributed by atoms with E-state index in [-0.39, 0.29) is 29.6 Å². The van der Waals surface area contributed by atoms with Gasteiger partial charge in [0.25, 0.3) is 0 Å². The first-order valence-corrected chi connectivity index (χ1v) is 6.90. The summed E-state index contributed by atoms with van der Waals surface area (Å²) in [6, 6.07) is 9.61. The highest BCUT2D eigenvalue weighted by atomic mass is 16.4. The number of rotatable bonds is 2. The zero-order valence-electron chi connectivity index (χ0n) is 11.3. The number of hydrogen-bond donors (Lipinski definition) is 2. The molecule has 1 aromatic carbocycles. The second kappa shape index (κ2) is 5.16. The number of allylic oxidation sites excluding steroid dienone is 1. The number of Topliss-reactive ketones (excluding diaryl/α,β-unsaturated/α-hetero) is 1. The molecule has 0 radical (unpaired) electrons. The van der Waals surface area contributed by atoms with E-state index in [1.807, 2.05) is 30.3 Å². The maximum absolute atomic E-state index is 12.4. The summed E-state index contributed by atoms with van der Waals surface area (Å²) in [6.45, 7) is 0. The van der Waals surface area contributed by atoms with Gasteiger partial charge in [-0.25, -0.2) is 0 Å². The molecule has 0 aromatic heterocycles. The van der Waals surface area contributed by atoms with Crippen molar-refractivity contribution in [2.24, 2.45) is 5.92 Å². The van der Waals surface area contributed by atoms with Gasteiger partial charge in [0.15, 0.2) is 5.78 Å². The third-order valence-corrected chi connectivity index (χ3v) is 4.11. The topological polar surface area (TPSA) is 83.5 Å². The zero-order valence-corrected chi connectivity index (χ0v) is 11.3. The van der Waals surface area contributed by atoms with Gasteiger partial charge in [0.1, 0.15) is 0 Å². The number of benzene rings is 1. The molecule has 1 amide bonds. The lowest BCUT2D eigenvalue weighted by Crippen LogP contribution is -2.41. The van der Waals surface area contributed by atoms with Gasteiger partial charge in [0, 0.05) is 24.1 Å². The fraction of sp³-hybridized carbons (Fsp3) is 0.312. The Bertz CT molecular complexity index is 648. The Morgan fingerprint density at radius 2 is 1.81 bits per heavy atom. The Hall–Kier alpha value is -2.43. The number of hydrogen-bond acceptors (Lipinski definition) is 3. The van der Waals surface area contributed by atoms with Crippen molar-refractivity contribution in [2.75, 3.05) is 0 Å². The second-order valence-corrected chi connectivity index (χ2v) is 5.47. The van der Waals surface area contributed by atoms with Crippen molar-refractivity contribution >= 4 is 17.7 Å². The van der Waals surface area contributed by atoms with Crippen molar-refractivity contribution in [2.45, 2.75) is 25.2 Å². The van der Waals surface area contributed by atoms with E-state index in [4.69, 9.17) is 0 Å². The number of carboxylic acid groups (broad SMARTS) is 1. The molecule has 0 unspecified atom stereocenters. The summed E-state index contributed by atoms with van der Waals surface area (Å²) in [4.78, 5) is 35.3. The number of aliphatic carboxylic acids is 1. The monoisotopic (exact) mass is 285 g/mol. The number of ketones is 1. The Morgan fingerprint density at radius 1 is 1.10 bits per heavy atom. The minimum atomic E-state index is -1.11. The number of carbonyl (C=O) groups is 3. The first kappa shape index (κ1) is 13.5. The molecule has 0 fully saturated rings. The van der Waals surface area contributed by atoms with Crippen molar-refractivity contribution < 1.29 is 19.5 Å². The molecule has 0 saturated carbocycles. The lowest BCUT2D eigenvalue weighted by molar-refractivity contribution is -0.144. The SMILES string of the molecule is O=C1C[C@@H](C(=O)O)C2=C(C[C@@H](c3ccccc3)CC2=O)N1. The molecule has 0 spiro atoms. The Balaban J connectivity index is 1.96. The van der Waals surface area contributed by atoms with Gasteiger partial charge in [-0.05, 0) is 17.9 Å². The molecule has 1 aromatic rings. The van der Waals surface area contributed by atoms with Gasteiger partial charge in [-0.2, -0.15) is 0 Å². The van der Waals surface area contributed by atoms with Crippen molar-refractivity contribution in [1.29, 1.82) is 0 Å². The first-order valence-electron chi connectivity index (χ1n) is 6.90. The number of amides is 1. The van der Waals surface area contributed by atoms with Gasteiger partial charge < -0.3 is 10.4 Å². The van der Waals surface area contributed by atoms with Crippen LogP contribution in [0.3, 0.4) is 0 Å². The largest absolute Gasteiger partial charge is 0.481 e. The van der Waals surface area contributed by atoms with E-state index in [0.717, 1.165) is 5.56 Å². The van der Waals surface area contributed by atoms with Crippen LogP contribution in [-0.4, -0.2) is 22.8 Å². The molecule has 0 bridgehead atoms. The quantitative estimate of drug-likeness (QED) is 0.864. The van der Waals surface area contributed by atoms with Crippen LogP contribution in [-0.2, 0) is 14.4 Å². The third kappa shape index (κ3) is 2.46. The van der Waals surface area contributed by atoms with Crippen LogP contribution in [0.5, 0.6) is 0 Å². The maximum atomic E-state index is 12.4. The average molecular weight is 285 g/mol. The van der Waals surface area contributed by atoms with Gasteiger partial charge in [-0.3, -0.25) is 14.4 Å². The van der Waals surface area contributed by atoms with Gasteiger partial charge in [-0.15, -0.1) is 0 Å². The van der Waals surface area contributed by atoms with Crippen LogP contribution in [0.1, 0.15) is 30.7 Å². The normalized spacial score (nSPS) is 25.3. The van der Waals surface area contributed by atoms with E-state index in [9.17, 15) is 19.5 Å². The molecular formula is C16H15NO4. The Kier molecular flexibility index (Phi) is 3.33. The highest BCUT2D eigenvalue weighted by Crippen LogP contribution is 2.38. The van der Waals surface area contributed by atoms with Crippen LogP contribution in [0.2, 0.25) is 0 Å². The first-order chi connectivity index (χ1) is 10.1. The van der Waals surface area contributed by atoms with Gasteiger partial charge in [0.2, 0.25) is 5.91 Å². The van der Waals surface area contributed by atoms with Gasteiger partial charge in [-0.1, -0.05) is 30.3 Å². The minimum absolute atomic E-state index is 0.00899. The van der Waals surface area contributed by atoms with Crippen molar-refractivity contribution in [3.05, 3.63) is 47.2 Å². The summed E-state index contributed by atoms with van der Waals surface area (Å²) in [5.74, 6) is -2.62. The molecule has 1 aliphatic carbocycles. The summed E-state index contributed by atoms with van der Waals surface area (Å²) in [5, 5.41) is 11.9. The van der Waals surface area contributed by atoms with Gasteiger partial charge in [0.05, 0.1) is 5.92 Å². The van der Waals surface area contributed by atoms with E-state index in [2.05, 4.69) is 5.32 Å². The van der Waals surface area contributed by atoms with Gasteiger partial charge >= 0.3 is 5.97 Å². The molecule has 1 heterocycles. The molecular weight excluding hydrogens is 270 g/mol. The Morgan fingerprint density at radius 3 is 2.48 bits per heavy atom. The fourth-order valence-electron chi connectivity index (χ4n) is 3.13. The fourth-order valence-corrected chi connectivity index (χ4v) is 3.13. The lowest BCUT2D eigenvalue weighted by Gasteiger charge is -2.32. The van der Waals surface area contributed by atoms with Crippen LogP contribution in [0, 0.1) is 5.92 Å². The molecule has 5 nitrogen and oxygen atoms in total. The van der Waals surface area contributed by atoms with E-state index in [1.165, 1.54) is 0 Å². The van der Waals surface area contributed by atoms with Crippen LogP contribution < -0.4 is 5.32 Å². The second-order valence-electron chi connectivity index (χ2n) is 5.47. The molecule has 2 aliphatic rings. The van der Waals surface area contributed by atoms with Crippen molar-refractivity contribution in [1.82, 2.24) is 5.32 Å². The molecule has 2 N–H and O–H groups in total. The highest BCUT2D eigenvalue weighted by molar-refractivity contribution is 6.05. The van der Waals surface area contributed by atoms with Crippen LogP contribution in [0.4, 0.5) is 0 Å². The number of carbonyl (C=O) groups excluding carboxylic acids is 2. The molecule has 2 atom stereocenters. The maximum Gasteiger partial charge on any atom is 0.311 e. The summed E-state index contributed by atoms with van der Waals surface area (Å²) < 4.78 is 0. The summed E-state index contributed by atoms with van der Waals surface area (Å²) in [6.07, 6.45) is 0.638. The Labute approximate surface area is 121 Å². The smallest absolute Gasteiger partial charge is 0.311 e. The van der Waals surface area contributed by atoms with E-state index >= 15 is 0 Å². The standard InChI is InChI=1S/C16H15NO4/c18-13-7-10(9-4-2-1-3-5-9)6-12-15(13)11(16(20)21)8-14(19)17-12/h1-5,10-11H,6-8H2,(H,17,19)(H,20,21)/t10-,11-/m1/s1. The number of nitrogens with one attached hydrogen (secondary N) is 1. The molecule has 5 heteroatoms. The van der Waals surface area contributed by atoms with E-state index in [1.54, 1.807) is 0 Å². The molecule has 3 rings (SSSR count). The highest BCUT2D eigenvalue weighted by Gasteiger charge is 2.40. The predicted octanol–water partition coefficient (Wildman–Crippen LogP) is 1.61. The number of carboxylic acids is 1. The molecule has 21 heavy (non-hydrogen) atoms. The lowest BCUT2D eigenvalue weighted by atomic mass is 9.75. The molecule has 108 valence electrons. The van der Waals surface area contributed by atoms with Crippen LogP contribution >= 0.6 is 0 Å². The van der Waals surface area contributed by atoms with E-state index in [0.29, 0.717) is 18.5 Å². The third-order valence-electron chi connectivity index (χ3n) is 4.11.